The number of carbonyl (C=O) groups is 3. The number of para-hydroxylation sites is 1. The number of aromatic carboxylic acids is 1. The Labute approximate surface area is 314 Å². The molecule has 3 aromatic heterocycles. The molecule has 0 radical (unpaired) electrons. The summed E-state index contributed by atoms with van der Waals surface area (Å²) in [5.74, 6) is -0.751. The van der Waals surface area contributed by atoms with Crippen LogP contribution in [0.2, 0.25) is 0 Å². The first kappa shape index (κ1) is 36.1. The number of carbonyl (C=O) groups excluding carboxylic acids is 2. The molecule has 0 saturated carbocycles. The summed E-state index contributed by atoms with van der Waals surface area (Å²) in [6, 6.07) is 23.7. The number of hydrogen-bond acceptors (Lipinski definition) is 12. The number of nitriles is 1. The minimum Gasteiger partial charge on any atom is -0.478 e. The van der Waals surface area contributed by atoms with Gasteiger partial charge in [-0.05, 0) is 67.6 Å². The van der Waals surface area contributed by atoms with Crippen molar-refractivity contribution in [3.63, 3.8) is 0 Å². The number of H-pyrrole nitrogens is 1. The highest BCUT2D eigenvalue weighted by atomic mass is 16.7. The molecular weight excluding hydrogens is 706 g/mol. The van der Waals surface area contributed by atoms with Gasteiger partial charge in [-0.3, -0.25) is 5.32 Å². The number of anilines is 1. The summed E-state index contributed by atoms with van der Waals surface area (Å²) in [6.07, 6.45) is 3.08. The number of pyridine rings is 1. The maximum Gasteiger partial charge on any atom is 0.514 e. The Balaban J connectivity index is 1.05. The van der Waals surface area contributed by atoms with E-state index >= 15 is 0 Å². The second kappa shape index (κ2) is 16.2. The third-order valence-electron chi connectivity index (χ3n) is 9.10. The number of piperidine rings is 1. The Kier molecular flexibility index (Phi) is 10.6. The molecule has 1 amide bonds. The van der Waals surface area contributed by atoms with Crippen LogP contribution in [-0.4, -0.2) is 56.0 Å². The Morgan fingerprint density at radius 2 is 1.84 bits per heavy atom. The summed E-state index contributed by atoms with van der Waals surface area (Å²) in [5.41, 5.74) is 3.31. The number of amides is 1. The van der Waals surface area contributed by atoms with Crippen LogP contribution in [0.3, 0.4) is 0 Å². The quantitative estimate of drug-likeness (QED) is 0.0653. The van der Waals surface area contributed by atoms with Crippen LogP contribution in [0.4, 0.5) is 26.7 Å². The first-order chi connectivity index (χ1) is 26.8. The molecule has 0 bridgehead atoms. The number of hydrogen-bond donors (Lipinski definition) is 3. The van der Waals surface area contributed by atoms with Crippen molar-refractivity contribution in [1.29, 1.82) is 5.26 Å². The third-order valence-corrected chi connectivity index (χ3v) is 9.10. The molecule has 16 nitrogen and oxygen atoms in total. The highest BCUT2D eigenvalue weighted by Crippen LogP contribution is 2.33. The molecule has 7 rings (SSSR count). The average molecular weight is 742 g/mol. The van der Waals surface area contributed by atoms with Crippen molar-refractivity contribution in [2.75, 3.05) is 23.4 Å². The zero-order chi connectivity index (χ0) is 38.3. The summed E-state index contributed by atoms with van der Waals surface area (Å²) in [5, 5.41) is 33.2. The lowest BCUT2D eigenvalue weighted by molar-refractivity contribution is 0.0687. The van der Waals surface area contributed by atoms with Crippen LogP contribution in [0.25, 0.3) is 22.1 Å². The fourth-order valence-electron chi connectivity index (χ4n) is 6.38. The molecule has 3 aromatic carbocycles. The molecule has 16 heteroatoms. The molecule has 4 heterocycles. The number of benzene rings is 3. The highest BCUT2D eigenvalue weighted by molar-refractivity contribution is 6.01. The first-order valence-electron chi connectivity index (χ1n) is 17.5. The van der Waals surface area contributed by atoms with Crippen molar-refractivity contribution in [3.8, 4) is 11.8 Å². The van der Waals surface area contributed by atoms with Crippen LogP contribution in [0.5, 0.6) is 5.75 Å². The second-order valence-corrected chi connectivity index (χ2v) is 12.8. The third kappa shape index (κ3) is 8.20. The number of imidazole rings is 1. The highest BCUT2D eigenvalue weighted by Gasteiger charge is 2.28. The van der Waals surface area contributed by atoms with Gasteiger partial charge in [0.1, 0.15) is 40.3 Å². The first-order valence-corrected chi connectivity index (χ1v) is 17.5. The number of rotatable bonds is 11. The zero-order valence-electron chi connectivity index (χ0n) is 29.6. The summed E-state index contributed by atoms with van der Waals surface area (Å²) < 4.78 is 18.2. The monoisotopic (exact) mass is 741 g/mol. The molecule has 1 saturated heterocycles. The van der Waals surface area contributed by atoms with Crippen molar-refractivity contribution in [2.24, 2.45) is 16.1 Å². The number of aromatic amines is 1. The Morgan fingerprint density at radius 1 is 1.05 bits per heavy atom. The minimum atomic E-state index is -1.35. The van der Waals surface area contributed by atoms with E-state index in [2.05, 4.69) is 36.6 Å². The van der Waals surface area contributed by atoms with Gasteiger partial charge in [0.2, 0.25) is 0 Å². The van der Waals surface area contributed by atoms with E-state index < -0.39 is 24.3 Å². The molecular formula is C39H35N9O7. The van der Waals surface area contributed by atoms with Gasteiger partial charge in [-0.25, -0.2) is 29.0 Å². The molecule has 1 atom stereocenters. The van der Waals surface area contributed by atoms with Crippen molar-refractivity contribution in [3.05, 3.63) is 108 Å². The standard InChI is InChI=1S/C39H35N9O7/c1-24(36-43-32-22-42-35-28(14-18-41-35)34(32)48(36)47-19-15-25(13-17-40)16-20-47)54-38(51)44-30-9-5-6-10-31(30)46-45-27-11-12-33(29(21-27)37(49)50)55-39(52)53-23-26-7-3-2-4-8-26/h2-12,14,18,21-22,24-25H,13,15-16,19-20,23H2,1H3,(H,41,42)(H,44,51)(H,49,50). The average Bonchev–Trinajstić information content (AvgIpc) is 3.83. The number of azo groups is 1. The van der Waals surface area contributed by atoms with Gasteiger partial charge in [-0.15, -0.1) is 5.11 Å². The van der Waals surface area contributed by atoms with Gasteiger partial charge < -0.3 is 29.3 Å². The van der Waals surface area contributed by atoms with Gasteiger partial charge in [0.05, 0.1) is 23.6 Å². The Bertz CT molecular complexity index is 2430. The van der Waals surface area contributed by atoms with Gasteiger partial charge in [0.15, 0.2) is 11.9 Å². The normalized spacial score (nSPS) is 13.8. The lowest BCUT2D eigenvalue weighted by Gasteiger charge is -2.35. The molecule has 1 fully saturated rings. The van der Waals surface area contributed by atoms with Gasteiger partial charge in [0, 0.05) is 31.1 Å². The SMILES string of the molecule is CC(OC(=O)Nc1ccccc1N=Nc1ccc(OC(=O)OCc2ccccc2)c(C(=O)O)c1)c1nc2cnc3[nH]ccc3c2n1N1CCC(CC#N)CC1. The Hall–Kier alpha value is -7.28. The minimum absolute atomic E-state index is 0.0469. The van der Waals surface area contributed by atoms with Gasteiger partial charge in [-0.2, -0.15) is 10.4 Å². The van der Waals surface area contributed by atoms with Crippen LogP contribution in [-0.2, 0) is 16.1 Å². The van der Waals surface area contributed by atoms with Gasteiger partial charge in [-0.1, -0.05) is 42.5 Å². The molecule has 278 valence electrons. The van der Waals surface area contributed by atoms with Crippen LogP contribution in [0, 0.1) is 17.2 Å². The number of carboxylic acids is 1. The van der Waals surface area contributed by atoms with E-state index in [0.717, 1.165) is 29.3 Å². The second-order valence-electron chi connectivity index (χ2n) is 12.8. The van der Waals surface area contributed by atoms with E-state index in [4.69, 9.17) is 19.2 Å². The van der Waals surface area contributed by atoms with Crippen molar-refractivity contribution < 1.29 is 33.7 Å². The predicted molar refractivity (Wildman–Crippen MR) is 200 cm³/mol. The summed E-state index contributed by atoms with van der Waals surface area (Å²) in [4.78, 5) is 50.2. The van der Waals surface area contributed by atoms with E-state index in [-0.39, 0.29) is 35.0 Å². The lowest BCUT2D eigenvalue weighted by atomic mass is 9.95. The predicted octanol–water partition coefficient (Wildman–Crippen LogP) is 8.31. The van der Waals surface area contributed by atoms with E-state index in [9.17, 15) is 24.8 Å². The summed E-state index contributed by atoms with van der Waals surface area (Å²) >= 11 is 0. The van der Waals surface area contributed by atoms with Crippen molar-refractivity contribution >= 4 is 57.3 Å². The number of nitrogens with zero attached hydrogens (tertiary/aromatic N) is 7. The van der Waals surface area contributed by atoms with Crippen LogP contribution >= 0.6 is 0 Å². The van der Waals surface area contributed by atoms with Crippen molar-refractivity contribution in [2.45, 2.75) is 38.9 Å². The number of aromatic nitrogens is 4. The molecule has 6 aromatic rings. The number of nitrogens with one attached hydrogen (secondary N) is 2. The van der Waals surface area contributed by atoms with Crippen molar-refractivity contribution in [1.82, 2.24) is 19.6 Å². The largest absolute Gasteiger partial charge is 0.514 e. The smallest absolute Gasteiger partial charge is 0.478 e. The number of ether oxygens (including phenoxy) is 3. The summed E-state index contributed by atoms with van der Waals surface area (Å²) in [6.45, 7) is 3.08. The maximum atomic E-state index is 13.4. The van der Waals surface area contributed by atoms with E-state index in [1.54, 1.807) is 61.7 Å². The Morgan fingerprint density at radius 3 is 2.62 bits per heavy atom. The van der Waals surface area contributed by atoms with Crippen LogP contribution in [0.1, 0.15) is 54.0 Å². The fraction of sp³-hybridized carbons (Fsp3) is 0.231. The lowest BCUT2D eigenvalue weighted by Crippen LogP contribution is -2.43. The molecule has 1 unspecified atom stereocenters. The van der Waals surface area contributed by atoms with Gasteiger partial charge in [0.25, 0.3) is 0 Å². The molecule has 0 aliphatic carbocycles. The molecule has 55 heavy (non-hydrogen) atoms. The molecule has 1 aliphatic heterocycles. The number of fused-ring (bicyclic) bond motifs is 3. The molecule has 0 spiro atoms. The van der Waals surface area contributed by atoms with Crippen LogP contribution < -0.4 is 15.1 Å². The van der Waals surface area contributed by atoms with E-state index in [1.807, 2.05) is 23.0 Å². The fourth-order valence-corrected chi connectivity index (χ4v) is 6.38. The molecule has 3 N–H and O–H groups in total. The van der Waals surface area contributed by atoms with E-state index in [1.165, 1.54) is 18.2 Å². The zero-order valence-corrected chi connectivity index (χ0v) is 29.6. The maximum absolute atomic E-state index is 13.4. The van der Waals surface area contributed by atoms with Gasteiger partial charge >= 0.3 is 18.2 Å². The van der Waals surface area contributed by atoms with Crippen LogP contribution in [0.15, 0.2) is 101 Å². The topological polar surface area (TPSA) is 209 Å². The summed E-state index contributed by atoms with van der Waals surface area (Å²) in [7, 11) is 0. The number of carboxylic acid groups (broad SMARTS) is 1. The molecule has 1 aliphatic rings. The van der Waals surface area contributed by atoms with E-state index in [0.29, 0.717) is 42.4 Å².